The van der Waals surface area contributed by atoms with E-state index in [2.05, 4.69) is 10.6 Å². The standard InChI is InChI=1S/C9H18N2O2/c1-4-8(6-12)11-9(13)10-5-7(2)3/h5,8,12H,4,6H2,1-3H3,(H2,10,11,13). The van der Waals surface area contributed by atoms with Gasteiger partial charge in [0.15, 0.2) is 0 Å². The molecule has 0 aliphatic carbocycles. The molecule has 0 rings (SSSR count). The summed E-state index contributed by atoms with van der Waals surface area (Å²) < 4.78 is 0. The Morgan fingerprint density at radius 3 is 2.54 bits per heavy atom. The van der Waals surface area contributed by atoms with Crippen molar-refractivity contribution in [3.63, 3.8) is 0 Å². The van der Waals surface area contributed by atoms with Gasteiger partial charge in [-0.1, -0.05) is 12.5 Å². The lowest BCUT2D eigenvalue weighted by molar-refractivity contribution is 0.217. The van der Waals surface area contributed by atoms with Gasteiger partial charge in [-0.3, -0.25) is 0 Å². The summed E-state index contributed by atoms with van der Waals surface area (Å²) in [4.78, 5) is 11.1. The molecule has 0 aromatic rings. The molecule has 3 N–H and O–H groups in total. The molecule has 0 radical (unpaired) electrons. The first kappa shape index (κ1) is 12.0. The average molecular weight is 186 g/mol. The van der Waals surface area contributed by atoms with E-state index >= 15 is 0 Å². The second-order valence-corrected chi connectivity index (χ2v) is 3.13. The summed E-state index contributed by atoms with van der Waals surface area (Å²) in [5.74, 6) is 0. The first-order valence-corrected chi connectivity index (χ1v) is 4.41. The van der Waals surface area contributed by atoms with E-state index < -0.39 is 0 Å². The molecule has 4 heteroatoms. The maximum Gasteiger partial charge on any atom is 0.319 e. The molecule has 13 heavy (non-hydrogen) atoms. The Bertz CT molecular complexity index is 182. The molecule has 4 nitrogen and oxygen atoms in total. The van der Waals surface area contributed by atoms with Crippen LogP contribution in [-0.2, 0) is 0 Å². The van der Waals surface area contributed by atoms with Crippen LogP contribution in [0.4, 0.5) is 4.79 Å². The molecule has 0 saturated heterocycles. The minimum Gasteiger partial charge on any atom is -0.394 e. The van der Waals surface area contributed by atoms with Crippen molar-refractivity contribution in [2.45, 2.75) is 33.2 Å². The number of allylic oxidation sites excluding steroid dienone is 1. The molecule has 0 heterocycles. The highest BCUT2D eigenvalue weighted by atomic mass is 16.3. The predicted octanol–water partition coefficient (Wildman–Crippen LogP) is 0.980. The number of hydrogen-bond acceptors (Lipinski definition) is 2. The number of rotatable bonds is 4. The van der Waals surface area contributed by atoms with Crippen LogP contribution in [0.5, 0.6) is 0 Å². The Kier molecular flexibility index (Phi) is 5.97. The molecular formula is C9H18N2O2. The highest BCUT2D eigenvalue weighted by Crippen LogP contribution is 1.89. The Morgan fingerprint density at radius 2 is 2.15 bits per heavy atom. The molecule has 2 amide bonds. The topological polar surface area (TPSA) is 61.4 Å². The van der Waals surface area contributed by atoms with Crippen molar-refractivity contribution < 1.29 is 9.90 Å². The molecular weight excluding hydrogens is 168 g/mol. The minimum atomic E-state index is -0.276. The van der Waals surface area contributed by atoms with Gasteiger partial charge in [-0.05, 0) is 20.3 Å². The van der Waals surface area contributed by atoms with Crippen LogP contribution in [0, 0.1) is 0 Å². The quantitative estimate of drug-likeness (QED) is 0.613. The van der Waals surface area contributed by atoms with Gasteiger partial charge in [0.1, 0.15) is 0 Å². The number of nitrogens with one attached hydrogen (secondary N) is 2. The predicted molar refractivity (Wildman–Crippen MR) is 52.3 cm³/mol. The first-order valence-electron chi connectivity index (χ1n) is 4.41. The Balaban J connectivity index is 3.79. The van der Waals surface area contributed by atoms with Gasteiger partial charge in [0.25, 0.3) is 0 Å². The largest absolute Gasteiger partial charge is 0.394 e. The SMILES string of the molecule is CCC(CO)NC(=O)NC=C(C)C. The van der Waals surface area contributed by atoms with Crippen LogP contribution in [0.25, 0.3) is 0 Å². The number of amides is 2. The van der Waals surface area contributed by atoms with E-state index in [1.54, 1.807) is 6.20 Å². The summed E-state index contributed by atoms with van der Waals surface area (Å²) >= 11 is 0. The summed E-state index contributed by atoms with van der Waals surface area (Å²) in [6.45, 7) is 5.66. The molecule has 0 aliphatic rings. The number of aliphatic hydroxyl groups excluding tert-OH is 1. The fourth-order valence-corrected chi connectivity index (χ4v) is 0.714. The van der Waals surface area contributed by atoms with E-state index in [-0.39, 0.29) is 18.7 Å². The van der Waals surface area contributed by atoms with Crippen molar-refractivity contribution in [1.29, 1.82) is 0 Å². The molecule has 0 aromatic carbocycles. The molecule has 1 atom stereocenters. The average Bonchev–Trinajstić information content (AvgIpc) is 2.10. The summed E-state index contributed by atoms with van der Waals surface area (Å²) in [7, 11) is 0. The highest BCUT2D eigenvalue weighted by molar-refractivity contribution is 5.75. The molecule has 0 aromatic heterocycles. The normalized spacial score (nSPS) is 11.7. The number of carbonyl (C=O) groups excluding carboxylic acids is 1. The van der Waals surface area contributed by atoms with Gasteiger partial charge in [-0.15, -0.1) is 0 Å². The first-order chi connectivity index (χ1) is 6.10. The van der Waals surface area contributed by atoms with E-state index in [0.29, 0.717) is 0 Å². The van der Waals surface area contributed by atoms with Crippen molar-refractivity contribution in [2.24, 2.45) is 0 Å². The zero-order valence-electron chi connectivity index (χ0n) is 8.42. The number of hydrogen-bond donors (Lipinski definition) is 3. The fraction of sp³-hybridized carbons (Fsp3) is 0.667. The third kappa shape index (κ3) is 6.16. The summed E-state index contributed by atoms with van der Waals surface area (Å²) in [5, 5.41) is 14.0. The van der Waals surface area contributed by atoms with E-state index in [9.17, 15) is 4.79 Å². The maximum atomic E-state index is 11.1. The van der Waals surface area contributed by atoms with Gasteiger partial charge >= 0.3 is 6.03 Å². The van der Waals surface area contributed by atoms with Crippen LogP contribution in [0.2, 0.25) is 0 Å². The van der Waals surface area contributed by atoms with Crippen molar-refractivity contribution in [2.75, 3.05) is 6.61 Å². The van der Waals surface area contributed by atoms with Crippen molar-refractivity contribution in [3.8, 4) is 0 Å². The lowest BCUT2D eigenvalue weighted by atomic mass is 10.2. The number of carbonyl (C=O) groups is 1. The number of urea groups is 1. The van der Waals surface area contributed by atoms with E-state index in [1.807, 2.05) is 20.8 Å². The van der Waals surface area contributed by atoms with Crippen LogP contribution in [-0.4, -0.2) is 23.8 Å². The van der Waals surface area contributed by atoms with Crippen LogP contribution in [0.1, 0.15) is 27.2 Å². The lowest BCUT2D eigenvalue weighted by Gasteiger charge is -2.13. The summed E-state index contributed by atoms with van der Waals surface area (Å²) in [6.07, 6.45) is 2.35. The fourth-order valence-electron chi connectivity index (χ4n) is 0.714. The van der Waals surface area contributed by atoms with Gasteiger partial charge in [0.05, 0.1) is 12.6 Å². The Morgan fingerprint density at radius 1 is 1.54 bits per heavy atom. The van der Waals surface area contributed by atoms with E-state index in [1.165, 1.54) is 0 Å². The second-order valence-electron chi connectivity index (χ2n) is 3.13. The molecule has 1 unspecified atom stereocenters. The van der Waals surface area contributed by atoms with E-state index in [4.69, 9.17) is 5.11 Å². The van der Waals surface area contributed by atoms with Gasteiger partial charge in [-0.2, -0.15) is 0 Å². The van der Waals surface area contributed by atoms with Crippen LogP contribution in [0.3, 0.4) is 0 Å². The monoisotopic (exact) mass is 186 g/mol. The van der Waals surface area contributed by atoms with Crippen molar-refractivity contribution in [3.05, 3.63) is 11.8 Å². The van der Waals surface area contributed by atoms with Crippen LogP contribution >= 0.6 is 0 Å². The van der Waals surface area contributed by atoms with Crippen molar-refractivity contribution in [1.82, 2.24) is 10.6 Å². The zero-order chi connectivity index (χ0) is 10.3. The molecule has 0 spiro atoms. The highest BCUT2D eigenvalue weighted by Gasteiger charge is 2.06. The van der Waals surface area contributed by atoms with Gasteiger partial charge < -0.3 is 15.7 Å². The molecule has 0 aliphatic heterocycles. The molecule has 0 fully saturated rings. The van der Waals surface area contributed by atoms with Gasteiger partial charge in [-0.25, -0.2) is 4.79 Å². The number of aliphatic hydroxyl groups is 1. The minimum absolute atomic E-state index is 0.0290. The van der Waals surface area contributed by atoms with Crippen LogP contribution in [0.15, 0.2) is 11.8 Å². The Labute approximate surface area is 79.0 Å². The Hall–Kier alpha value is -1.03. The smallest absolute Gasteiger partial charge is 0.319 e. The van der Waals surface area contributed by atoms with Crippen LogP contribution < -0.4 is 10.6 Å². The van der Waals surface area contributed by atoms with E-state index in [0.717, 1.165) is 12.0 Å². The van der Waals surface area contributed by atoms with Crippen molar-refractivity contribution >= 4 is 6.03 Å². The third-order valence-electron chi connectivity index (χ3n) is 1.54. The maximum absolute atomic E-state index is 11.1. The summed E-state index contributed by atoms with van der Waals surface area (Å²) in [6, 6.07) is -0.437. The van der Waals surface area contributed by atoms with Gasteiger partial charge in [0.2, 0.25) is 0 Å². The second kappa shape index (κ2) is 6.48. The molecule has 76 valence electrons. The molecule has 0 saturated carbocycles. The third-order valence-corrected chi connectivity index (χ3v) is 1.54. The van der Waals surface area contributed by atoms with Gasteiger partial charge in [0, 0.05) is 6.20 Å². The molecule has 0 bridgehead atoms. The lowest BCUT2D eigenvalue weighted by Crippen LogP contribution is -2.41. The zero-order valence-corrected chi connectivity index (χ0v) is 8.42. The summed E-state index contributed by atoms with van der Waals surface area (Å²) in [5.41, 5.74) is 1.02.